The molecule has 0 bridgehead atoms. The van der Waals surface area contributed by atoms with Crippen LogP contribution in [0.3, 0.4) is 0 Å². The Morgan fingerprint density at radius 2 is 2.25 bits per heavy atom. The fourth-order valence-corrected chi connectivity index (χ4v) is 3.60. The molecule has 1 aliphatic rings. The number of carbonyl (C=O) groups is 1. The highest BCUT2D eigenvalue weighted by Crippen LogP contribution is 2.26. The zero-order chi connectivity index (χ0) is 14.9. The first-order valence-electron chi connectivity index (χ1n) is 6.58. The van der Waals surface area contributed by atoms with Crippen LogP contribution in [0.4, 0.5) is 0 Å². The van der Waals surface area contributed by atoms with Crippen molar-refractivity contribution in [1.29, 1.82) is 0 Å². The van der Waals surface area contributed by atoms with Crippen molar-refractivity contribution in [1.82, 2.24) is 19.4 Å². The molecule has 1 aromatic heterocycles. The van der Waals surface area contributed by atoms with E-state index in [1.807, 2.05) is 0 Å². The molecule has 2 heterocycles. The van der Waals surface area contributed by atoms with Crippen molar-refractivity contribution in [3.8, 4) is 0 Å². The van der Waals surface area contributed by atoms with Crippen LogP contribution in [0.2, 0.25) is 0 Å². The standard InChI is InChI=1S/C12H20N4O3S/c1-9(2)20(18,19)15-7-10-4-5-14-16(10)11(8-15)6-12(17)13-3/h4-5,9,11H,6-8H2,1-3H3,(H,13,17). The summed E-state index contributed by atoms with van der Waals surface area (Å²) >= 11 is 0. The van der Waals surface area contributed by atoms with Crippen molar-refractivity contribution < 1.29 is 13.2 Å². The molecule has 1 aromatic rings. The summed E-state index contributed by atoms with van der Waals surface area (Å²) in [6, 6.07) is 1.53. The van der Waals surface area contributed by atoms with Gasteiger partial charge in [0.2, 0.25) is 15.9 Å². The second-order valence-electron chi connectivity index (χ2n) is 5.18. The first-order valence-corrected chi connectivity index (χ1v) is 8.08. The lowest BCUT2D eigenvalue weighted by atomic mass is 10.1. The van der Waals surface area contributed by atoms with Gasteiger partial charge in [-0.1, -0.05) is 0 Å². The molecule has 1 atom stereocenters. The van der Waals surface area contributed by atoms with Crippen LogP contribution in [0.25, 0.3) is 0 Å². The van der Waals surface area contributed by atoms with Gasteiger partial charge in [-0.15, -0.1) is 0 Å². The highest BCUT2D eigenvalue weighted by molar-refractivity contribution is 7.89. The van der Waals surface area contributed by atoms with Gasteiger partial charge in [0.25, 0.3) is 0 Å². The Balaban J connectivity index is 2.29. The van der Waals surface area contributed by atoms with Crippen LogP contribution in [0.1, 0.15) is 32.0 Å². The largest absolute Gasteiger partial charge is 0.359 e. The molecule has 1 N–H and O–H groups in total. The van der Waals surface area contributed by atoms with Gasteiger partial charge in [-0.2, -0.15) is 9.40 Å². The Labute approximate surface area is 119 Å². The van der Waals surface area contributed by atoms with E-state index in [9.17, 15) is 13.2 Å². The molecular formula is C12H20N4O3S. The number of nitrogens with zero attached hydrogens (tertiary/aromatic N) is 3. The summed E-state index contributed by atoms with van der Waals surface area (Å²) < 4.78 is 27.8. The van der Waals surface area contributed by atoms with Gasteiger partial charge >= 0.3 is 0 Å². The van der Waals surface area contributed by atoms with Crippen LogP contribution in [0.5, 0.6) is 0 Å². The summed E-state index contributed by atoms with van der Waals surface area (Å²) in [5, 5.41) is 6.29. The number of sulfonamides is 1. The van der Waals surface area contributed by atoms with Crippen molar-refractivity contribution in [3.63, 3.8) is 0 Å². The van der Waals surface area contributed by atoms with E-state index in [0.29, 0.717) is 6.54 Å². The van der Waals surface area contributed by atoms with Crippen molar-refractivity contribution in [2.24, 2.45) is 0 Å². The van der Waals surface area contributed by atoms with Crippen LogP contribution in [-0.4, -0.2) is 47.3 Å². The molecule has 0 spiro atoms. The number of nitrogens with one attached hydrogen (secondary N) is 1. The molecule has 1 amide bonds. The van der Waals surface area contributed by atoms with Crippen LogP contribution in [0.15, 0.2) is 12.3 Å². The lowest BCUT2D eigenvalue weighted by molar-refractivity contribution is -0.121. The van der Waals surface area contributed by atoms with E-state index in [1.54, 1.807) is 37.8 Å². The monoisotopic (exact) mass is 300 g/mol. The highest BCUT2D eigenvalue weighted by Gasteiger charge is 2.34. The number of carbonyl (C=O) groups excluding carboxylic acids is 1. The maximum Gasteiger partial charge on any atom is 0.221 e. The van der Waals surface area contributed by atoms with Gasteiger partial charge in [0, 0.05) is 19.8 Å². The van der Waals surface area contributed by atoms with Crippen molar-refractivity contribution in [2.75, 3.05) is 13.6 Å². The molecule has 7 nitrogen and oxygen atoms in total. The molecule has 1 aliphatic heterocycles. The fraction of sp³-hybridized carbons (Fsp3) is 0.667. The van der Waals surface area contributed by atoms with E-state index >= 15 is 0 Å². The molecule has 0 aliphatic carbocycles. The number of fused-ring (bicyclic) bond motifs is 1. The van der Waals surface area contributed by atoms with Crippen LogP contribution in [-0.2, 0) is 21.4 Å². The van der Waals surface area contributed by atoms with Gasteiger partial charge in [-0.25, -0.2) is 8.42 Å². The number of hydrogen-bond donors (Lipinski definition) is 1. The average Bonchev–Trinajstić information content (AvgIpc) is 2.86. The minimum atomic E-state index is -3.34. The van der Waals surface area contributed by atoms with Gasteiger partial charge in [-0.3, -0.25) is 9.48 Å². The first-order chi connectivity index (χ1) is 9.36. The molecular weight excluding hydrogens is 280 g/mol. The summed E-state index contributed by atoms with van der Waals surface area (Å²) in [7, 11) is -1.77. The van der Waals surface area contributed by atoms with Crippen molar-refractivity contribution in [2.45, 2.75) is 38.1 Å². The Morgan fingerprint density at radius 1 is 1.55 bits per heavy atom. The Morgan fingerprint density at radius 3 is 2.85 bits per heavy atom. The van der Waals surface area contributed by atoms with E-state index in [2.05, 4.69) is 10.4 Å². The third-order valence-corrected chi connectivity index (χ3v) is 5.70. The SMILES string of the molecule is CNC(=O)CC1CN(S(=O)(=O)C(C)C)Cc2ccnn21. The van der Waals surface area contributed by atoms with E-state index in [-0.39, 0.29) is 24.9 Å². The Hall–Kier alpha value is -1.41. The second-order valence-corrected chi connectivity index (χ2v) is 7.67. The normalized spacial score (nSPS) is 19.9. The maximum absolute atomic E-state index is 12.3. The third-order valence-electron chi connectivity index (χ3n) is 3.51. The molecule has 1 unspecified atom stereocenters. The minimum Gasteiger partial charge on any atom is -0.359 e. The number of hydrogen-bond acceptors (Lipinski definition) is 4. The van der Waals surface area contributed by atoms with Crippen LogP contribution in [0, 0.1) is 0 Å². The molecule has 2 rings (SSSR count). The predicted octanol–water partition coefficient (Wildman–Crippen LogP) is 0.114. The van der Waals surface area contributed by atoms with Gasteiger partial charge in [0.05, 0.1) is 30.0 Å². The average molecular weight is 300 g/mol. The molecule has 8 heteroatoms. The summed E-state index contributed by atoms with van der Waals surface area (Å²) in [5.41, 5.74) is 0.814. The fourth-order valence-electron chi connectivity index (χ4n) is 2.31. The van der Waals surface area contributed by atoms with E-state index in [4.69, 9.17) is 0 Å². The van der Waals surface area contributed by atoms with Crippen LogP contribution >= 0.6 is 0 Å². The minimum absolute atomic E-state index is 0.125. The highest BCUT2D eigenvalue weighted by atomic mass is 32.2. The van der Waals surface area contributed by atoms with Gasteiger partial charge < -0.3 is 5.32 Å². The molecule has 0 fully saturated rings. The molecule has 20 heavy (non-hydrogen) atoms. The molecule has 0 saturated carbocycles. The summed E-state index contributed by atoms with van der Waals surface area (Å²) in [6.07, 6.45) is 1.85. The summed E-state index contributed by atoms with van der Waals surface area (Å²) in [6.45, 7) is 3.91. The molecule has 0 aromatic carbocycles. The summed E-state index contributed by atoms with van der Waals surface area (Å²) in [5.74, 6) is -0.125. The number of amides is 1. The zero-order valence-electron chi connectivity index (χ0n) is 11.9. The molecule has 0 saturated heterocycles. The Bertz CT molecular complexity index is 594. The maximum atomic E-state index is 12.3. The lowest BCUT2D eigenvalue weighted by Crippen LogP contribution is -2.45. The topological polar surface area (TPSA) is 84.3 Å². The second kappa shape index (κ2) is 5.53. The third kappa shape index (κ3) is 2.71. The van der Waals surface area contributed by atoms with E-state index in [0.717, 1.165) is 5.69 Å². The molecule has 0 radical (unpaired) electrons. The van der Waals surface area contributed by atoms with Crippen LogP contribution < -0.4 is 5.32 Å². The first kappa shape index (κ1) is 15.0. The summed E-state index contributed by atoms with van der Waals surface area (Å²) in [4.78, 5) is 11.6. The quantitative estimate of drug-likeness (QED) is 0.855. The van der Waals surface area contributed by atoms with E-state index < -0.39 is 15.3 Å². The van der Waals surface area contributed by atoms with Gasteiger partial charge in [0.1, 0.15) is 0 Å². The van der Waals surface area contributed by atoms with E-state index in [1.165, 1.54) is 4.31 Å². The Kier molecular flexibility index (Phi) is 4.14. The lowest BCUT2D eigenvalue weighted by Gasteiger charge is -2.33. The van der Waals surface area contributed by atoms with Gasteiger partial charge in [0.15, 0.2) is 0 Å². The number of aromatic nitrogens is 2. The van der Waals surface area contributed by atoms with Gasteiger partial charge in [-0.05, 0) is 19.9 Å². The number of rotatable bonds is 4. The zero-order valence-corrected chi connectivity index (χ0v) is 12.7. The van der Waals surface area contributed by atoms with Crippen molar-refractivity contribution >= 4 is 15.9 Å². The van der Waals surface area contributed by atoms with Crippen molar-refractivity contribution in [3.05, 3.63) is 18.0 Å². The predicted molar refractivity (Wildman–Crippen MR) is 74.4 cm³/mol. The molecule has 112 valence electrons. The smallest absolute Gasteiger partial charge is 0.221 e.